The third-order valence-corrected chi connectivity index (χ3v) is 4.85. The van der Waals surface area contributed by atoms with Gasteiger partial charge in [0.1, 0.15) is 0 Å². The molecule has 0 fully saturated rings. The largest absolute Gasteiger partial charge is 0.354 e. The van der Waals surface area contributed by atoms with Gasteiger partial charge in [-0.3, -0.25) is 9.00 Å². The second-order valence-electron chi connectivity index (χ2n) is 5.75. The van der Waals surface area contributed by atoms with E-state index in [9.17, 15) is 9.00 Å². The van der Waals surface area contributed by atoms with E-state index < -0.39 is 16.8 Å². The lowest BCUT2D eigenvalue weighted by molar-refractivity contribution is -0.122. The Bertz CT molecular complexity index is 460. The van der Waals surface area contributed by atoms with Gasteiger partial charge in [0.25, 0.3) is 0 Å². The van der Waals surface area contributed by atoms with Crippen LogP contribution in [0.2, 0.25) is 0 Å². The molecule has 21 heavy (non-hydrogen) atoms. The molecule has 0 spiro atoms. The second-order valence-corrected chi connectivity index (χ2v) is 8.07. The average Bonchev–Trinajstić information content (AvgIpc) is 2.38. The molecule has 2 atom stereocenters. The van der Waals surface area contributed by atoms with E-state index >= 15 is 0 Å². The molecule has 1 rings (SSSR count). The van der Waals surface area contributed by atoms with Crippen LogP contribution in [0.5, 0.6) is 0 Å². The molecule has 0 saturated heterocycles. The van der Waals surface area contributed by atoms with Crippen molar-refractivity contribution in [3.05, 3.63) is 35.9 Å². The Morgan fingerprint density at radius 2 is 1.86 bits per heavy atom. The minimum Gasteiger partial charge on any atom is -0.354 e. The van der Waals surface area contributed by atoms with Gasteiger partial charge in [0, 0.05) is 27.8 Å². The lowest BCUT2D eigenvalue weighted by Gasteiger charge is -2.18. The summed E-state index contributed by atoms with van der Waals surface area (Å²) >= 11 is 0. The number of hydrogen-bond acceptors (Lipinski definition) is 3. The molecule has 0 heterocycles. The van der Waals surface area contributed by atoms with Crippen molar-refractivity contribution in [3.8, 4) is 0 Å². The molecule has 3 N–H and O–H groups in total. The van der Waals surface area contributed by atoms with E-state index in [4.69, 9.17) is 5.73 Å². The summed E-state index contributed by atoms with van der Waals surface area (Å²) < 4.78 is 11.6. The summed E-state index contributed by atoms with van der Waals surface area (Å²) in [5.74, 6) is 0.257. The molecule has 1 unspecified atom stereocenters. The number of rotatable bonds is 6. The van der Waals surface area contributed by atoms with Gasteiger partial charge in [0.2, 0.25) is 5.91 Å². The number of benzene rings is 1. The van der Waals surface area contributed by atoms with Gasteiger partial charge in [-0.25, -0.2) is 0 Å². The molecule has 0 saturated carbocycles. The zero-order valence-electron chi connectivity index (χ0n) is 12.8. The minimum atomic E-state index is -0.960. The average molecular weight is 333 g/mol. The first-order chi connectivity index (χ1) is 9.30. The molecule has 4 nitrogen and oxygen atoms in total. The fourth-order valence-corrected chi connectivity index (χ4v) is 2.56. The number of amides is 1. The van der Waals surface area contributed by atoms with E-state index in [1.807, 2.05) is 51.1 Å². The first kappa shape index (κ1) is 20.1. The van der Waals surface area contributed by atoms with Crippen molar-refractivity contribution in [1.29, 1.82) is 0 Å². The Morgan fingerprint density at radius 3 is 2.38 bits per heavy atom. The Balaban J connectivity index is 0.00000400. The summed E-state index contributed by atoms with van der Waals surface area (Å²) in [5.41, 5.74) is 6.90. The lowest BCUT2D eigenvalue weighted by Crippen LogP contribution is -2.43. The third kappa shape index (κ3) is 7.60. The molecule has 0 aromatic heterocycles. The van der Waals surface area contributed by atoms with Crippen molar-refractivity contribution in [2.45, 2.75) is 38.0 Å². The number of nitrogens with one attached hydrogen (secondary N) is 1. The fraction of sp³-hybridized carbons (Fsp3) is 0.533. The Labute approximate surface area is 135 Å². The van der Waals surface area contributed by atoms with Gasteiger partial charge < -0.3 is 11.1 Å². The molecular formula is C15H25ClN2O2S. The first-order valence-electron chi connectivity index (χ1n) is 6.76. The second kappa shape index (κ2) is 9.18. The molecule has 0 aliphatic heterocycles. The van der Waals surface area contributed by atoms with Crippen molar-refractivity contribution in [3.63, 3.8) is 0 Å². The predicted molar refractivity (Wildman–Crippen MR) is 91.1 cm³/mol. The van der Waals surface area contributed by atoms with Gasteiger partial charge >= 0.3 is 0 Å². The molecule has 0 aliphatic rings. The normalized spacial score (nSPS) is 13.9. The van der Waals surface area contributed by atoms with Gasteiger partial charge in [-0.05, 0) is 32.8 Å². The zero-order chi connectivity index (χ0) is 15.2. The van der Waals surface area contributed by atoms with Crippen LogP contribution in [0.1, 0.15) is 26.3 Å². The molecule has 0 radical (unpaired) electrons. The molecule has 0 bridgehead atoms. The zero-order valence-corrected chi connectivity index (χ0v) is 14.4. The van der Waals surface area contributed by atoms with Crippen LogP contribution >= 0.6 is 12.4 Å². The fourth-order valence-electron chi connectivity index (χ4n) is 1.66. The molecule has 0 aliphatic carbocycles. The topological polar surface area (TPSA) is 72.2 Å². The summed E-state index contributed by atoms with van der Waals surface area (Å²) in [6, 6.07) is 9.10. The summed E-state index contributed by atoms with van der Waals surface area (Å²) in [4.78, 5) is 11.8. The molecule has 1 aromatic rings. The van der Waals surface area contributed by atoms with Gasteiger partial charge in [0.05, 0.1) is 6.04 Å². The molecule has 6 heteroatoms. The molecular weight excluding hydrogens is 308 g/mol. The van der Waals surface area contributed by atoms with Crippen LogP contribution < -0.4 is 11.1 Å². The Morgan fingerprint density at radius 1 is 1.29 bits per heavy atom. The maximum absolute atomic E-state index is 11.8. The van der Waals surface area contributed by atoms with E-state index in [0.29, 0.717) is 18.7 Å². The van der Waals surface area contributed by atoms with Gasteiger partial charge in [0.15, 0.2) is 0 Å². The van der Waals surface area contributed by atoms with Crippen LogP contribution in [-0.2, 0) is 22.0 Å². The Hall–Kier alpha value is -0.910. The van der Waals surface area contributed by atoms with Gasteiger partial charge in [-0.15, -0.1) is 12.4 Å². The Kier molecular flexibility index (Phi) is 8.78. The molecule has 1 aromatic carbocycles. The number of halogens is 1. The predicted octanol–water partition coefficient (Wildman–Crippen LogP) is 1.64. The van der Waals surface area contributed by atoms with Crippen molar-refractivity contribution >= 4 is 29.1 Å². The van der Waals surface area contributed by atoms with Crippen LogP contribution in [-0.4, -0.2) is 33.2 Å². The molecule has 120 valence electrons. The monoisotopic (exact) mass is 332 g/mol. The highest BCUT2D eigenvalue weighted by atomic mass is 35.5. The SMILES string of the molecule is CC(C)(C)S(=O)CCNC(=O)[C@@H](N)Cc1ccccc1.Cl. The summed E-state index contributed by atoms with van der Waals surface area (Å²) in [6.45, 7) is 6.16. The quantitative estimate of drug-likeness (QED) is 0.832. The smallest absolute Gasteiger partial charge is 0.237 e. The highest BCUT2D eigenvalue weighted by Crippen LogP contribution is 2.10. The maximum atomic E-state index is 11.8. The van der Waals surface area contributed by atoms with Crippen LogP contribution in [0.25, 0.3) is 0 Å². The number of carbonyl (C=O) groups excluding carboxylic acids is 1. The number of nitrogens with two attached hydrogens (primary N) is 1. The molecule has 1 amide bonds. The minimum absolute atomic E-state index is 0. The van der Waals surface area contributed by atoms with Crippen LogP contribution in [0.15, 0.2) is 30.3 Å². The number of carbonyl (C=O) groups is 1. The van der Waals surface area contributed by atoms with Gasteiger partial charge in [-0.1, -0.05) is 30.3 Å². The van der Waals surface area contributed by atoms with E-state index in [1.165, 1.54) is 0 Å². The third-order valence-electron chi connectivity index (χ3n) is 2.90. The van der Waals surface area contributed by atoms with Crippen molar-refractivity contribution in [1.82, 2.24) is 5.32 Å². The van der Waals surface area contributed by atoms with E-state index in [-0.39, 0.29) is 23.1 Å². The standard InChI is InChI=1S/C15H24N2O2S.ClH/c1-15(2,3)20(19)10-9-17-14(18)13(16)11-12-7-5-4-6-8-12;/h4-8,13H,9-11,16H2,1-3H3,(H,17,18);1H/t13-,20?;/m0./s1. The van der Waals surface area contributed by atoms with Gasteiger partial charge in [-0.2, -0.15) is 0 Å². The summed E-state index contributed by atoms with van der Waals surface area (Å²) in [7, 11) is -0.960. The van der Waals surface area contributed by atoms with Crippen LogP contribution in [0.4, 0.5) is 0 Å². The lowest BCUT2D eigenvalue weighted by atomic mass is 10.1. The van der Waals surface area contributed by atoms with E-state index in [1.54, 1.807) is 0 Å². The van der Waals surface area contributed by atoms with Crippen molar-refractivity contribution in [2.75, 3.05) is 12.3 Å². The van der Waals surface area contributed by atoms with Crippen molar-refractivity contribution in [2.24, 2.45) is 5.73 Å². The van der Waals surface area contributed by atoms with E-state index in [2.05, 4.69) is 5.32 Å². The maximum Gasteiger partial charge on any atom is 0.237 e. The number of hydrogen-bond donors (Lipinski definition) is 2. The summed E-state index contributed by atoms with van der Waals surface area (Å²) in [5, 5.41) is 2.75. The first-order valence-corrected chi connectivity index (χ1v) is 8.08. The van der Waals surface area contributed by atoms with Crippen LogP contribution in [0.3, 0.4) is 0 Å². The van der Waals surface area contributed by atoms with Crippen LogP contribution in [0, 0.1) is 0 Å². The summed E-state index contributed by atoms with van der Waals surface area (Å²) in [6.07, 6.45) is 0.509. The van der Waals surface area contributed by atoms with Crippen molar-refractivity contribution < 1.29 is 9.00 Å². The van der Waals surface area contributed by atoms with E-state index in [0.717, 1.165) is 5.56 Å². The highest BCUT2D eigenvalue weighted by molar-refractivity contribution is 7.86. The highest BCUT2D eigenvalue weighted by Gasteiger charge is 2.19.